The minimum absolute atomic E-state index is 0. The Hall–Kier alpha value is -2.81. The summed E-state index contributed by atoms with van der Waals surface area (Å²) in [6.45, 7) is 5.84. The van der Waals surface area contributed by atoms with Gasteiger partial charge in [0.25, 0.3) is 5.91 Å². The van der Waals surface area contributed by atoms with Crippen molar-refractivity contribution in [3.63, 3.8) is 0 Å². The van der Waals surface area contributed by atoms with Crippen molar-refractivity contribution in [1.29, 1.82) is 0 Å². The summed E-state index contributed by atoms with van der Waals surface area (Å²) in [5, 5.41) is 18.8. The molecule has 10 heteroatoms. The molecule has 0 bridgehead atoms. The number of benzene rings is 2. The van der Waals surface area contributed by atoms with E-state index in [-0.39, 0.29) is 49.2 Å². The summed E-state index contributed by atoms with van der Waals surface area (Å²) in [6, 6.07) is 12.9. The van der Waals surface area contributed by atoms with E-state index >= 15 is 0 Å². The largest absolute Gasteiger partial charge is 0.490 e. The van der Waals surface area contributed by atoms with Gasteiger partial charge in [0.1, 0.15) is 11.9 Å². The maximum Gasteiger partial charge on any atom is 0.303 e. The number of amides is 1. The molecule has 8 nitrogen and oxygen atoms in total. The zero-order valence-corrected chi connectivity index (χ0v) is 22.2. The first kappa shape index (κ1) is 29.4. The molecule has 2 heterocycles. The third kappa shape index (κ3) is 7.59. The van der Waals surface area contributed by atoms with E-state index in [0.29, 0.717) is 17.7 Å². The van der Waals surface area contributed by atoms with E-state index < -0.39 is 5.97 Å². The second-order valence-corrected chi connectivity index (χ2v) is 9.03. The standard InChI is InChI=1S/C26H32N4O4.2ClH/c1-3-23-21(16-25(31)32)14-20-15-22(8-9-24(20)34-23)28-26(33)19-6-4-18(5-7-19)17-27-30-12-10-29(2)11-13-30;;/h4-9,15,17,21,23H,3,10-14,16H2,1-2H3,(H,28,33)(H,31,32);2*1H. The number of ether oxygens (including phenoxy) is 1. The molecule has 2 aliphatic rings. The van der Waals surface area contributed by atoms with Gasteiger partial charge in [0, 0.05) is 43.3 Å². The van der Waals surface area contributed by atoms with Gasteiger partial charge in [-0.2, -0.15) is 5.10 Å². The predicted molar refractivity (Wildman–Crippen MR) is 146 cm³/mol. The number of hydrogen-bond donors (Lipinski definition) is 2. The van der Waals surface area contributed by atoms with Crippen molar-refractivity contribution in [1.82, 2.24) is 9.91 Å². The van der Waals surface area contributed by atoms with Crippen LogP contribution in [0.1, 0.15) is 41.3 Å². The molecule has 0 spiro atoms. The number of rotatable bonds is 7. The van der Waals surface area contributed by atoms with E-state index in [1.807, 2.05) is 43.5 Å². The number of nitrogens with zero attached hydrogens (tertiary/aromatic N) is 3. The van der Waals surface area contributed by atoms with Crippen LogP contribution in [-0.2, 0) is 11.2 Å². The van der Waals surface area contributed by atoms with Gasteiger partial charge in [-0.3, -0.25) is 14.6 Å². The van der Waals surface area contributed by atoms with Gasteiger partial charge >= 0.3 is 5.97 Å². The molecule has 1 amide bonds. The number of carboxylic acids is 1. The molecule has 196 valence electrons. The fourth-order valence-electron chi connectivity index (χ4n) is 4.43. The van der Waals surface area contributed by atoms with E-state index in [1.165, 1.54) is 0 Å². The predicted octanol–water partition coefficient (Wildman–Crippen LogP) is 4.17. The molecule has 0 aromatic heterocycles. The Balaban J connectivity index is 0.00000228. The Kier molecular flexibility index (Phi) is 11.0. The molecule has 0 saturated carbocycles. The average Bonchev–Trinajstić information content (AvgIpc) is 2.83. The third-order valence-electron chi connectivity index (χ3n) is 6.47. The van der Waals surface area contributed by atoms with Crippen LogP contribution in [0.2, 0.25) is 0 Å². The number of hydrogen-bond acceptors (Lipinski definition) is 6. The Morgan fingerprint density at radius 2 is 1.81 bits per heavy atom. The minimum Gasteiger partial charge on any atom is -0.490 e. The first-order valence-corrected chi connectivity index (χ1v) is 11.8. The van der Waals surface area contributed by atoms with Gasteiger partial charge in [0.2, 0.25) is 0 Å². The smallest absolute Gasteiger partial charge is 0.303 e. The molecule has 2 N–H and O–H groups in total. The van der Waals surface area contributed by atoms with Crippen LogP contribution in [0.4, 0.5) is 5.69 Å². The zero-order chi connectivity index (χ0) is 24.1. The molecule has 4 rings (SSSR count). The lowest BCUT2D eigenvalue weighted by Gasteiger charge is -2.32. The highest BCUT2D eigenvalue weighted by Gasteiger charge is 2.30. The van der Waals surface area contributed by atoms with Crippen molar-refractivity contribution in [3.8, 4) is 5.75 Å². The molecule has 2 aromatic carbocycles. The first-order chi connectivity index (χ1) is 16.4. The number of halogens is 2. The minimum atomic E-state index is -0.822. The van der Waals surface area contributed by atoms with Crippen LogP contribution in [0.5, 0.6) is 5.75 Å². The monoisotopic (exact) mass is 536 g/mol. The summed E-state index contributed by atoms with van der Waals surface area (Å²) in [5.74, 6) is -0.346. The first-order valence-electron chi connectivity index (χ1n) is 11.8. The van der Waals surface area contributed by atoms with Crippen molar-refractivity contribution in [3.05, 3.63) is 59.2 Å². The second kappa shape index (κ2) is 13.5. The van der Waals surface area contributed by atoms with Gasteiger partial charge < -0.3 is 20.1 Å². The second-order valence-electron chi connectivity index (χ2n) is 9.03. The number of nitrogens with one attached hydrogen (secondary N) is 1. The van der Waals surface area contributed by atoms with E-state index in [0.717, 1.165) is 49.5 Å². The Bertz CT molecular complexity index is 1060. The van der Waals surface area contributed by atoms with Crippen LogP contribution in [0.15, 0.2) is 47.6 Å². The number of fused-ring (bicyclic) bond motifs is 1. The molecule has 1 fully saturated rings. The van der Waals surface area contributed by atoms with Crippen molar-refractivity contribution in [2.24, 2.45) is 11.0 Å². The number of carbonyl (C=O) groups is 2. The lowest BCUT2D eigenvalue weighted by molar-refractivity contribution is -0.139. The fourth-order valence-corrected chi connectivity index (χ4v) is 4.43. The van der Waals surface area contributed by atoms with Crippen molar-refractivity contribution in [2.75, 3.05) is 38.5 Å². The normalized spacial score (nSPS) is 19.4. The fraction of sp³-hybridized carbons (Fsp3) is 0.423. The molecule has 0 aliphatic carbocycles. The summed E-state index contributed by atoms with van der Waals surface area (Å²) in [7, 11) is 2.11. The molecular formula is C26H34Cl2N4O4. The van der Waals surface area contributed by atoms with Crippen molar-refractivity contribution < 1.29 is 19.4 Å². The van der Waals surface area contributed by atoms with E-state index in [4.69, 9.17) is 4.74 Å². The number of carboxylic acid groups (broad SMARTS) is 1. The van der Waals surface area contributed by atoms with Crippen LogP contribution < -0.4 is 10.1 Å². The van der Waals surface area contributed by atoms with E-state index in [1.54, 1.807) is 12.1 Å². The summed E-state index contributed by atoms with van der Waals surface area (Å²) in [4.78, 5) is 26.3. The molecule has 2 atom stereocenters. The number of likely N-dealkylation sites (N-methyl/N-ethyl adjacent to an activating group) is 1. The molecule has 2 unspecified atom stereocenters. The average molecular weight is 537 g/mol. The molecule has 2 aliphatic heterocycles. The van der Waals surface area contributed by atoms with Crippen LogP contribution >= 0.6 is 24.8 Å². The zero-order valence-electron chi connectivity index (χ0n) is 20.6. The summed E-state index contributed by atoms with van der Waals surface area (Å²) in [6.07, 6.45) is 3.16. The van der Waals surface area contributed by atoms with Gasteiger partial charge in [0.05, 0.1) is 12.6 Å². The highest BCUT2D eigenvalue weighted by Crippen LogP contribution is 2.35. The molecule has 2 aromatic rings. The molecular weight excluding hydrogens is 503 g/mol. The number of aliphatic carboxylic acids is 1. The SMILES string of the molecule is CCC1Oc2ccc(NC(=O)c3ccc(C=NN4CCN(C)CC4)cc3)cc2CC1CC(=O)O.Cl.Cl. The van der Waals surface area contributed by atoms with Gasteiger partial charge in [-0.05, 0) is 61.3 Å². The summed E-state index contributed by atoms with van der Waals surface area (Å²) >= 11 is 0. The van der Waals surface area contributed by atoms with Gasteiger partial charge in [-0.15, -0.1) is 24.8 Å². The maximum atomic E-state index is 12.8. The van der Waals surface area contributed by atoms with Crippen LogP contribution in [-0.4, -0.2) is 72.4 Å². The van der Waals surface area contributed by atoms with Gasteiger partial charge in [0.15, 0.2) is 0 Å². The Morgan fingerprint density at radius 1 is 1.11 bits per heavy atom. The van der Waals surface area contributed by atoms with Crippen molar-refractivity contribution >= 4 is 48.6 Å². The highest BCUT2D eigenvalue weighted by atomic mass is 35.5. The third-order valence-corrected chi connectivity index (χ3v) is 6.47. The maximum absolute atomic E-state index is 12.8. The van der Waals surface area contributed by atoms with E-state index in [9.17, 15) is 14.7 Å². The Labute approximate surface area is 224 Å². The topological polar surface area (TPSA) is 94.5 Å². The molecule has 0 radical (unpaired) electrons. The number of hydrazone groups is 1. The number of piperazine rings is 1. The highest BCUT2D eigenvalue weighted by molar-refractivity contribution is 6.04. The van der Waals surface area contributed by atoms with Crippen LogP contribution in [0.25, 0.3) is 0 Å². The van der Waals surface area contributed by atoms with Crippen molar-refractivity contribution in [2.45, 2.75) is 32.3 Å². The van der Waals surface area contributed by atoms with E-state index in [2.05, 4.69) is 27.4 Å². The summed E-state index contributed by atoms with van der Waals surface area (Å²) in [5.41, 5.74) is 3.08. The lowest BCUT2D eigenvalue weighted by atomic mass is 9.87. The Morgan fingerprint density at radius 3 is 2.44 bits per heavy atom. The van der Waals surface area contributed by atoms with Crippen LogP contribution in [0.3, 0.4) is 0 Å². The van der Waals surface area contributed by atoms with Crippen LogP contribution in [0, 0.1) is 5.92 Å². The van der Waals surface area contributed by atoms with Gasteiger partial charge in [-0.25, -0.2) is 0 Å². The number of anilines is 1. The summed E-state index contributed by atoms with van der Waals surface area (Å²) < 4.78 is 6.03. The quantitative estimate of drug-likeness (QED) is 0.515. The molecule has 36 heavy (non-hydrogen) atoms. The molecule has 1 saturated heterocycles. The number of carbonyl (C=O) groups excluding carboxylic acids is 1. The van der Waals surface area contributed by atoms with Gasteiger partial charge in [-0.1, -0.05) is 19.1 Å². The lowest BCUT2D eigenvalue weighted by Crippen LogP contribution is -2.41.